The van der Waals surface area contributed by atoms with Gasteiger partial charge in [-0.15, -0.1) is 0 Å². The highest BCUT2D eigenvalue weighted by Gasteiger charge is 2.24. The number of carbonyl (C=O) groups excluding carboxylic acids is 1. The van der Waals surface area contributed by atoms with Crippen LogP contribution in [0.2, 0.25) is 0 Å². The first-order chi connectivity index (χ1) is 10.6. The van der Waals surface area contributed by atoms with Crippen LogP contribution in [0.4, 0.5) is 11.4 Å². The number of rotatable bonds is 6. The molecule has 2 rings (SSSR count). The van der Waals surface area contributed by atoms with E-state index in [2.05, 4.69) is 5.32 Å². The molecule has 1 aromatic heterocycles. The number of nitrogens with one attached hydrogen (secondary N) is 1. The van der Waals surface area contributed by atoms with Crippen molar-refractivity contribution in [2.45, 2.75) is 6.92 Å². The number of nitro groups is 1. The largest absolute Gasteiger partial charge is 0.493 e. The van der Waals surface area contributed by atoms with E-state index in [0.29, 0.717) is 12.3 Å². The smallest absolute Gasteiger partial charge is 0.286 e. The van der Waals surface area contributed by atoms with Crippen LogP contribution >= 0.6 is 11.3 Å². The molecule has 1 aromatic carbocycles. The number of nitro benzene ring substituents is 1. The summed E-state index contributed by atoms with van der Waals surface area (Å²) in [6.07, 6.45) is 0. The Labute approximate surface area is 130 Å². The lowest BCUT2D eigenvalue weighted by atomic mass is 10.1. The van der Waals surface area contributed by atoms with E-state index < -0.39 is 10.8 Å². The van der Waals surface area contributed by atoms with Gasteiger partial charge in [-0.2, -0.15) is 11.3 Å². The number of ether oxygens (including phenoxy) is 2. The first-order valence-corrected chi connectivity index (χ1v) is 7.33. The Morgan fingerprint density at radius 2 is 2.18 bits per heavy atom. The van der Waals surface area contributed by atoms with Crippen LogP contribution < -0.4 is 14.8 Å². The van der Waals surface area contributed by atoms with Gasteiger partial charge in [0, 0.05) is 11.4 Å². The van der Waals surface area contributed by atoms with Gasteiger partial charge in [-0.25, -0.2) is 0 Å². The molecule has 0 radical (unpaired) electrons. The quantitative estimate of drug-likeness (QED) is 0.651. The molecule has 0 saturated carbocycles. The fourth-order valence-corrected chi connectivity index (χ4v) is 2.43. The molecule has 0 unspecified atom stereocenters. The number of thiophene rings is 1. The highest BCUT2D eigenvalue weighted by Crippen LogP contribution is 2.35. The molecule has 22 heavy (non-hydrogen) atoms. The molecule has 0 spiro atoms. The molecule has 0 bridgehead atoms. The number of hydrogen-bond donors (Lipinski definition) is 1. The van der Waals surface area contributed by atoms with Gasteiger partial charge in [0.05, 0.1) is 30.4 Å². The molecule has 1 N–H and O–H groups in total. The van der Waals surface area contributed by atoms with Gasteiger partial charge in [0.25, 0.3) is 11.6 Å². The fourth-order valence-electron chi connectivity index (χ4n) is 1.84. The third kappa shape index (κ3) is 3.34. The highest BCUT2D eigenvalue weighted by atomic mass is 32.1. The van der Waals surface area contributed by atoms with E-state index in [1.165, 1.54) is 30.6 Å². The van der Waals surface area contributed by atoms with Gasteiger partial charge >= 0.3 is 0 Å². The second-order valence-electron chi connectivity index (χ2n) is 4.18. The van der Waals surface area contributed by atoms with Gasteiger partial charge in [-0.1, -0.05) is 0 Å². The van der Waals surface area contributed by atoms with Crippen LogP contribution in [-0.2, 0) is 0 Å². The van der Waals surface area contributed by atoms with E-state index in [-0.39, 0.29) is 22.7 Å². The summed E-state index contributed by atoms with van der Waals surface area (Å²) in [7, 11) is 1.38. The van der Waals surface area contributed by atoms with Gasteiger partial charge < -0.3 is 14.8 Å². The van der Waals surface area contributed by atoms with Crippen molar-refractivity contribution in [1.29, 1.82) is 0 Å². The molecule has 0 fully saturated rings. The number of anilines is 1. The standard InChI is InChI=1S/C14H14N2O5S/c1-3-21-13-6-10(11(16(18)19)7-12(13)20-2)14(17)15-9-4-5-22-8-9/h4-8H,3H2,1-2H3,(H,15,17). The minimum atomic E-state index is -0.624. The summed E-state index contributed by atoms with van der Waals surface area (Å²) in [5.41, 5.74) is 0.159. The zero-order valence-corrected chi connectivity index (χ0v) is 12.8. The first-order valence-electron chi connectivity index (χ1n) is 6.39. The Balaban J connectivity index is 2.44. The molecular weight excluding hydrogens is 308 g/mol. The molecule has 7 nitrogen and oxygen atoms in total. The molecule has 2 aromatic rings. The average molecular weight is 322 g/mol. The van der Waals surface area contributed by atoms with E-state index in [9.17, 15) is 14.9 Å². The van der Waals surface area contributed by atoms with Gasteiger partial charge in [-0.3, -0.25) is 14.9 Å². The van der Waals surface area contributed by atoms with Crippen molar-refractivity contribution in [3.63, 3.8) is 0 Å². The minimum Gasteiger partial charge on any atom is -0.493 e. The van der Waals surface area contributed by atoms with Crippen LogP contribution in [0.3, 0.4) is 0 Å². The third-order valence-electron chi connectivity index (χ3n) is 2.80. The zero-order valence-electron chi connectivity index (χ0n) is 12.0. The van der Waals surface area contributed by atoms with Crippen molar-refractivity contribution >= 4 is 28.6 Å². The van der Waals surface area contributed by atoms with E-state index in [1.807, 2.05) is 0 Å². The average Bonchev–Trinajstić information content (AvgIpc) is 2.99. The van der Waals surface area contributed by atoms with Crippen LogP contribution in [0.15, 0.2) is 29.0 Å². The van der Waals surface area contributed by atoms with E-state index in [4.69, 9.17) is 9.47 Å². The van der Waals surface area contributed by atoms with Gasteiger partial charge in [-0.05, 0) is 18.4 Å². The number of hydrogen-bond acceptors (Lipinski definition) is 6. The van der Waals surface area contributed by atoms with E-state index in [1.54, 1.807) is 23.8 Å². The summed E-state index contributed by atoms with van der Waals surface area (Å²) in [4.78, 5) is 22.9. The Bertz CT molecular complexity index is 685. The second-order valence-corrected chi connectivity index (χ2v) is 4.96. The zero-order chi connectivity index (χ0) is 16.1. The monoisotopic (exact) mass is 322 g/mol. The lowest BCUT2D eigenvalue weighted by Gasteiger charge is -2.11. The van der Waals surface area contributed by atoms with Gasteiger partial charge in [0.15, 0.2) is 11.5 Å². The molecule has 1 amide bonds. The first kappa shape index (κ1) is 15.8. The van der Waals surface area contributed by atoms with Gasteiger partial charge in [0.2, 0.25) is 0 Å². The Morgan fingerprint density at radius 3 is 2.73 bits per heavy atom. The molecule has 0 aliphatic carbocycles. The number of carbonyl (C=O) groups is 1. The molecule has 0 saturated heterocycles. The van der Waals surface area contributed by atoms with Crippen LogP contribution in [0.25, 0.3) is 0 Å². The molecule has 0 aliphatic heterocycles. The molecule has 0 aliphatic rings. The summed E-state index contributed by atoms with van der Waals surface area (Å²) < 4.78 is 10.4. The maximum Gasteiger partial charge on any atom is 0.286 e. The summed E-state index contributed by atoms with van der Waals surface area (Å²) in [5, 5.41) is 17.3. The number of amides is 1. The maximum absolute atomic E-state index is 12.3. The normalized spacial score (nSPS) is 10.1. The summed E-state index contributed by atoms with van der Waals surface area (Å²) in [5.74, 6) is -0.0830. The molecule has 116 valence electrons. The molecule has 0 atom stereocenters. The second kappa shape index (κ2) is 6.90. The van der Waals surface area contributed by atoms with Crippen molar-refractivity contribution in [1.82, 2.24) is 0 Å². The third-order valence-corrected chi connectivity index (χ3v) is 3.49. The van der Waals surface area contributed by atoms with Crippen molar-refractivity contribution in [3.8, 4) is 11.5 Å². The van der Waals surface area contributed by atoms with E-state index >= 15 is 0 Å². The Kier molecular flexibility index (Phi) is 4.95. The summed E-state index contributed by atoms with van der Waals surface area (Å²) in [6.45, 7) is 2.12. The van der Waals surface area contributed by atoms with Crippen LogP contribution in [0.1, 0.15) is 17.3 Å². The highest BCUT2D eigenvalue weighted by molar-refractivity contribution is 7.08. The fraction of sp³-hybridized carbons (Fsp3) is 0.214. The SMILES string of the molecule is CCOc1cc(C(=O)Nc2ccsc2)c([N+](=O)[O-])cc1OC. The number of benzene rings is 1. The summed E-state index contributed by atoms with van der Waals surface area (Å²) >= 11 is 1.41. The minimum absolute atomic E-state index is 0.0829. The maximum atomic E-state index is 12.3. The van der Waals surface area contributed by atoms with Crippen molar-refractivity contribution in [2.24, 2.45) is 0 Å². The number of nitrogens with zero attached hydrogens (tertiary/aromatic N) is 1. The lowest BCUT2D eigenvalue weighted by Crippen LogP contribution is -2.14. The number of methoxy groups -OCH3 is 1. The molecule has 8 heteroatoms. The summed E-state index contributed by atoms with van der Waals surface area (Å²) in [6, 6.07) is 4.22. The van der Waals surface area contributed by atoms with Crippen LogP contribution in [-0.4, -0.2) is 24.5 Å². The van der Waals surface area contributed by atoms with Crippen molar-refractivity contribution in [2.75, 3.05) is 19.0 Å². The lowest BCUT2D eigenvalue weighted by molar-refractivity contribution is -0.385. The topological polar surface area (TPSA) is 90.7 Å². The van der Waals surface area contributed by atoms with Crippen LogP contribution in [0.5, 0.6) is 11.5 Å². The Morgan fingerprint density at radius 1 is 1.41 bits per heavy atom. The van der Waals surface area contributed by atoms with Gasteiger partial charge in [0.1, 0.15) is 5.56 Å². The van der Waals surface area contributed by atoms with Crippen LogP contribution in [0, 0.1) is 10.1 Å². The predicted molar refractivity (Wildman–Crippen MR) is 83.1 cm³/mol. The van der Waals surface area contributed by atoms with Crippen molar-refractivity contribution in [3.05, 3.63) is 44.6 Å². The molecular formula is C14H14N2O5S. The van der Waals surface area contributed by atoms with Crippen molar-refractivity contribution < 1.29 is 19.2 Å². The predicted octanol–water partition coefficient (Wildman–Crippen LogP) is 3.32. The Hall–Kier alpha value is -2.61. The van der Waals surface area contributed by atoms with E-state index in [0.717, 1.165) is 0 Å². The molecule has 1 heterocycles.